The van der Waals surface area contributed by atoms with Crippen LogP contribution >= 0.6 is 15.9 Å². The van der Waals surface area contributed by atoms with Gasteiger partial charge in [0.15, 0.2) is 0 Å². The Bertz CT molecular complexity index is 954. The average molecular weight is 429 g/mol. The van der Waals surface area contributed by atoms with Gasteiger partial charge < -0.3 is 4.90 Å². The summed E-state index contributed by atoms with van der Waals surface area (Å²) >= 11 is 3.42. The van der Waals surface area contributed by atoms with Gasteiger partial charge in [0.1, 0.15) is 11.6 Å². The van der Waals surface area contributed by atoms with Crippen molar-refractivity contribution in [3.63, 3.8) is 0 Å². The number of hydrogen-bond donors (Lipinski definition) is 0. The van der Waals surface area contributed by atoms with Crippen molar-refractivity contribution in [3.05, 3.63) is 64.3 Å². The van der Waals surface area contributed by atoms with Crippen LogP contribution in [0.25, 0.3) is 10.9 Å². The largest absolute Gasteiger partial charge is 0.368 e. The molecule has 2 heterocycles. The molecule has 27 heavy (non-hydrogen) atoms. The van der Waals surface area contributed by atoms with Gasteiger partial charge in [-0.3, -0.25) is 4.90 Å². The topological polar surface area (TPSA) is 32.3 Å². The fourth-order valence-electron chi connectivity index (χ4n) is 3.63. The van der Waals surface area contributed by atoms with E-state index in [-0.39, 0.29) is 5.82 Å². The molecule has 6 heteroatoms. The molecule has 140 valence electrons. The molecule has 1 aromatic heterocycles. The van der Waals surface area contributed by atoms with Crippen molar-refractivity contribution in [2.45, 2.75) is 13.3 Å². The highest BCUT2D eigenvalue weighted by Gasteiger charge is 2.19. The van der Waals surface area contributed by atoms with Crippen LogP contribution < -0.4 is 4.90 Å². The van der Waals surface area contributed by atoms with Crippen LogP contribution in [0.4, 0.5) is 10.1 Å². The van der Waals surface area contributed by atoms with Crippen LogP contribution in [0.15, 0.2) is 47.1 Å². The predicted octanol–water partition coefficient (Wildman–Crippen LogP) is 4.20. The first-order valence-corrected chi connectivity index (χ1v) is 10.0. The number of anilines is 1. The summed E-state index contributed by atoms with van der Waals surface area (Å²) in [7, 11) is 0. The van der Waals surface area contributed by atoms with Gasteiger partial charge in [-0.2, -0.15) is 0 Å². The summed E-state index contributed by atoms with van der Waals surface area (Å²) < 4.78 is 14.9. The first kappa shape index (κ1) is 18.3. The molecule has 0 saturated carbocycles. The highest BCUT2D eigenvalue weighted by molar-refractivity contribution is 9.10. The smallest absolute Gasteiger partial charge is 0.126 e. The molecule has 0 unspecified atom stereocenters. The molecule has 4 nitrogen and oxygen atoms in total. The zero-order valence-electron chi connectivity index (χ0n) is 15.3. The number of piperazine rings is 1. The van der Waals surface area contributed by atoms with Gasteiger partial charge in [-0.25, -0.2) is 14.4 Å². The third kappa shape index (κ3) is 4.12. The molecule has 4 rings (SSSR count). The lowest BCUT2D eigenvalue weighted by molar-refractivity contribution is 0.260. The summed E-state index contributed by atoms with van der Waals surface area (Å²) in [6.07, 6.45) is 2.65. The number of fused-ring (bicyclic) bond motifs is 1. The highest BCUT2D eigenvalue weighted by Crippen LogP contribution is 2.26. The van der Waals surface area contributed by atoms with Gasteiger partial charge >= 0.3 is 0 Å². The lowest BCUT2D eigenvalue weighted by Gasteiger charge is -2.36. The average Bonchev–Trinajstić information content (AvgIpc) is 2.68. The van der Waals surface area contributed by atoms with E-state index >= 15 is 0 Å². The quantitative estimate of drug-likeness (QED) is 0.622. The molecule has 1 saturated heterocycles. The molecule has 0 spiro atoms. The van der Waals surface area contributed by atoms with E-state index in [1.165, 1.54) is 11.8 Å². The first-order valence-electron chi connectivity index (χ1n) is 9.24. The van der Waals surface area contributed by atoms with Gasteiger partial charge in [-0.05, 0) is 49.2 Å². The molecule has 0 N–H and O–H groups in total. The van der Waals surface area contributed by atoms with Crippen LogP contribution in [0.5, 0.6) is 0 Å². The molecule has 0 atom stereocenters. The number of halogens is 2. The van der Waals surface area contributed by atoms with Crippen LogP contribution in [0.2, 0.25) is 0 Å². The minimum atomic E-state index is -0.122. The monoisotopic (exact) mass is 428 g/mol. The Labute approximate surface area is 167 Å². The summed E-state index contributed by atoms with van der Waals surface area (Å²) in [5.41, 5.74) is 2.96. The van der Waals surface area contributed by atoms with Gasteiger partial charge in [-0.15, -0.1) is 0 Å². The Kier molecular flexibility index (Phi) is 5.36. The number of aromatic nitrogens is 2. The minimum Gasteiger partial charge on any atom is -0.368 e. The van der Waals surface area contributed by atoms with Gasteiger partial charge in [0.05, 0.1) is 5.52 Å². The van der Waals surface area contributed by atoms with Gasteiger partial charge in [-0.1, -0.05) is 22.0 Å². The lowest BCUT2D eigenvalue weighted by atomic mass is 10.1. The molecule has 3 aromatic rings. The molecule has 1 aliphatic heterocycles. The van der Waals surface area contributed by atoms with E-state index in [1.54, 1.807) is 6.07 Å². The summed E-state index contributed by atoms with van der Waals surface area (Å²) in [6, 6.07) is 11.4. The highest BCUT2D eigenvalue weighted by atomic mass is 79.9. The van der Waals surface area contributed by atoms with Gasteiger partial charge in [0.2, 0.25) is 0 Å². The molecule has 2 aromatic carbocycles. The van der Waals surface area contributed by atoms with Crippen molar-refractivity contribution in [1.29, 1.82) is 0 Å². The predicted molar refractivity (Wildman–Crippen MR) is 111 cm³/mol. The van der Waals surface area contributed by atoms with Gasteiger partial charge in [0, 0.05) is 54.5 Å². The SMILES string of the molecule is Cc1ncc2c(N3CCN(CCc4cc(Br)ccc4F)CC3)cccc2n1. The van der Waals surface area contributed by atoms with Crippen LogP contribution in [0.3, 0.4) is 0 Å². The number of benzene rings is 2. The van der Waals surface area contributed by atoms with E-state index in [4.69, 9.17) is 0 Å². The number of rotatable bonds is 4. The standard InChI is InChI=1S/C21H22BrFN4/c1-15-24-14-18-20(25-15)3-2-4-21(18)27-11-9-26(10-12-27)8-7-16-13-17(22)5-6-19(16)23/h2-6,13-14H,7-12H2,1H3. The van der Waals surface area contributed by atoms with Crippen molar-refractivity contribution in [1.82, 2.24) is 14.9 Å². The fraction of sp³-hybridized carbons (Fsp3) is 0.333. The number of aryl methyl sites for hydroxylation is 1. The minimum absolute atomic E-state index is 0.122. The van der Waals surface area contributed by atoms with E-state index in [0.29, 0.717) is 0 Å². The second kappa shape index (κ2) is 7.90. The van der Waals surface area contributed by atoms with Crippen molar-refractivity contribution in [2.24, 2.45) is 0 Å². The third-order valence-electron chi connectivity index (χ3n) is 5.14. The Morgan fingerprint density at radius 1 is 1.11 bits per heavy atom. The molecule has 0 amide bonds. The molecule has 0 radical (unpaired) electrons. The van der Waals surface area contributed by atoms with Crippen molar-refractivity contribution < 1.29 is 4.39 Å². The van der Waals surface area contributed by atoms with E-state index in [1.807, 2.05) is 25.3 Å². The molecule has 0 bridgehead atoms. The zero-order chi connectivity index (χ0) is 18.8. The summed E-state index contributed by atoms with van der Waals surface area (Å²) in [5, 5.41) is 1.10. The van der Waals surface area contributed by atoms with E-state index < -0.39 is 0 Å². The van der Waals surface area contributed by atoms with Crippen LogP contribution in [0, 0.1) is 12.7 Å². The van der Waals surface area contributed by atoms with Crippen molar-refractivity contribution in [2.75, 3.05) is 37.6 Å². The van der Waals surface area contributed by atoms with Crippen LogP contribution in [-0.4, -0.2) is 47.6 Å². The molecule has 0 aliphatic carbocycles. The second-order valence-electron chi connectivity index (χ2n) is 6.94. The first-order chi connectivity index (χ1) is 13.1. The Morgan fingerprint density at radius 2 is 1.93 bits per heavy atom. The van der Waals surface area contributed by atoms with Crippen LogP contribution in [0.1, 0.15) is 11.4 Å². The molecule has 1 fully saturated rings. The maximum atomic E-state index is 13.9. The maximum absolute atomic E-state index is 13.9. The van der Waals surface area contributed by atoms with Crippen molar-refractivity contribution >= 4 is 32.5 Å². The Hall–Kier alpha value is -2.05. The third-order valence-corrected chi connectivity index (χ3v) is 5.63. The Balaban J connectivity index is 1.40. The normalized spacial score (nSPS) is 15.4. The summed E-state index contributed by atoms with van der Waals surface area (Å²) in [6.45, 7) is 6.64. The van der Waals surface area contributed by atoms with E-state index in [2.05, 4.69) is 47.8 Å². The molecule has 1 aliphatic rings. The number of nitrogens with zero attached hydrogens (tertiary/aromatic N) is 4. The van der Waals surface area contributed by atoms with Crippen LogP contribution in [-0.2, 0) is 6.42 Å². The zero-order valence-corrected chi connectivity index (χ0v) is 16.9. The van der Waals surface area contributed by atoms with Crippen molar-refractivity contribution in [3.8, 4) is 0 Å². The summed E-state index contributed by atoms with van der Waals surface area (Å²) in [5.74, 6) is 0.673. The fourth-order valence-corrected chi connectivity index (χ4v) is 4.04. The Morgan fingerprint density at radius 3 is 2.74 bits per heavy atom. The molecular formula is C21H22BrFN4. The maximum Gasteiger partial charge on any atom is 0.126 e. The number of hydrogen-bond acceptors (Lipinski definition) is 4. The lowest BCUT2D eigenvalue weighted by Crippen LogP contribution is -2.47. The van der Waals surface area contributed by atoms with E-state index in [0.717, 1.165) is 65.9 Å². The van der Waals surface area contributed by atoms with E-state index in [9.17, 15) is 4.39 Å². The molecular weight excluding hydrogens is 407 g/mol. The summed E-state index contributed by atoms with van der Waals surface area (Å²) in [4.78, 5) is 13.7. The second-order valence-corrected chi connectivity index (χ2v) is 7.86. The van der Waals surface area contributed by atoms with Gasteiger partial charge in [0.25, 0.3) is 0 Å².